The third-order valence-corrected chi connectivity index (χ3v) is 8.84. The van der Waals surface area contributed by atoms with Crippen LogP contribution in [0.4, 0.5) is 11.4 Å². The summed E-state index contributed by atoms with van der Waals surface area (Å²) >= 11 is 0. The van der Waals surface area contributed by atoms with Crippen LogP contribution in [0.2, 0.25) is 0 Å². The Kier molecular flexibility index (Phi) is 6.69. The summed E-state index contributed by atoms with van der Waals surface area (Å²) in [7, 11) is -7.67. The van der Waals surface area contributed by atoms with Crippen molar-refractivity contribution in [3.63, 3.8) is 0 Å². The molecule has 170 valence electrons. The van der Waals surface area contributed by atoms with Gasteiger partial charge in [-0.2, -0.15) is 0 Å². The topological polar surface area (TPSA) is 92.8 Å². The first-order valence-corrected chi connectivity index (χ1v) is 13.3. The van der Waals surface area contributed by atoms with Crippen LogP contribution in [0.3, 0.4) is 0 Å². The number of sulfonamides is 1. The van der Waals surface area contributed by atoms with E-state index in [1.165, 1.54) is 18.2 Å². The average Bonchev–Trinajstić information content (AvgIpc) is 2.67. The molecule has 0 spiro atoms. The summed E-state index contributed by atoms with van der Waals surface area (Å²) in [6.07, 6.45) is 0.0195. The molecule has 7 nitrogen and oxygen atoms in total. The van der Waals surface area contributed by atoms with Gasteiger partial charge in [0.25, 0.3) is 10.0 Å². The standard InChI is InChI=1S/C22H30N2O5S2/c1-15(2)30(25,26)22-11-8-19(24-13-17(4)29-18(5)14-24)12-21(22)23-31(27,28)20-9-6-16(3)7-10-20/h6-12,15,17-18,23H,13-14H2,1-5H3. The van der Waals surface area contributed by atoms with Gasteiger partial charge in [-0.3, -0.25) is 4.72 Å². The van der Waals surface area contributed by atoms with Crippen molar-refractivity contribution >= 4 is 31.2 Å². The van der Waals surface area contributed by atoms with Crippen molar-refractivity contribution in [3.8, 4) is 0 Å². The van der Waals surface area contributed by atoms with Crippen LogP contribution >= 0.6 is 0 Å². The summed E-state index contributed by atoms with van der Waals surface area (Å²) in [5, 5.41) is -0.690. The highest BCUT2D eigenvalue weighted by molar-refractivity contribution is 7.93. The van der Waals surface area contributed by atoms with Gasteiger partial charge >= 0.3 is 0 Å². The Labute approximate surface area is 185 Å². The van der Waals surface area contributed by atoms with Gasteiger partial charge in [-0.25, -0.2) is 16.8 Å². The van der Waals surface area contributed by atoms with Gasteiger partial charge in [-0.1, -0.05) is 17.7 Å². The SMILES string of the molecule is Cc1ccc(S(=O)(=O)Nc2cc(N3CC(C)OC(C)C3)ccc2S(=O)(=O)C(C)C)cc1. The number of morpholine rings is 1. The number of anilines is 2. The zero-order valence-corrected chi connectivity index (χ0v) is 20.1. The lowest BCUT2D eigenvalue weighted by atomic mass is 10.2. The highest BCUT2D eigenvalue weighted by atomic mass is 32.2. The molecule has 0 saturated carbocycles. The van der Waals surface area contributed by atoms with Gasteiger partial charge < -0.3 is 9.64 Å². The van der Waals surface area contributed by atoms with E-state index in [0.717, 1.165) is 11.3 Å². The van der Waals surface area contributed by atoms with Crippen LogP contribution in [-0.4, -0.2) is 47.4 Å². The van der Waals surface area contributed by atoms with Gasteiger partial charge in [0.15, 0.2) is 9.84 Å². The predicted octanol–water partition coefficient (Wildman–Crippen LogP) is 3.59. The third kappa shape index (κ3) is 5.22. The highest BCUT2D eigenvalue weighted by Crippen LogP contribution is 2.32. The highest BCUT2D eigenvalue weighted by Gasteiger charge is 2.28. The van der Waals surface area contributed by atoms with Crippen molar-refractivity contribution in [3.05, 3.63) is 48.0 Å². The molecule has 2 aromatic rings. The van der Waals surface area contributed by atoms with E-state index in [4.69, 9.17) is 4.74 Å². The summed E-state index contributed by atoms with van der Waals surface area (Å²) in [5.74, 6) is 0. The molecule has 0 aliphatic carbocycles. The van der Waals surface area contributed by atoms with E-state index in [0.29, 0.717) is 13.1 Å². The fourth-order valence-corrected chi connectivity index (χ4v) is 5.92. The van der Waals surface area contributed by atoms with E-state index >= 15 is 0 Å². The van der Waals surface area contributed by atoms with Crippen LogP contribution in [0.15, 0.2) is 52.3 Å². The van der Waals surface area contributed by atoms with Crippen molar-refractivity contribution < 1.29 is 21.6 Å². The lowest BCUT2D eigenvalue weighted by molar-refractivity contribution is -0.00521. The minimum Gasteiger partial charge on any atom is -0.372 e. The Bertz CT molecular complexity index is 1130. The molecule has 0 bridgehead atoms. The van der Waals surface area contributed by atoms with Gasteiger partial charge in [-0.05, 0) is 65.0 Å². The van der Waals surface area contributed by atoms with Crippen LogP contribution in [0, 0.1) is 6.92 Å². The number of rotatable bonds is 6. The number of nitrogens with zero attached hydrogens (tertiary/aromatic N) is 1. The summed E-state index contributed by atoms with van der Waals surface area (Å²) in [4.78, 5) is 2.12. The van der Waals surface area contributed by atoms with E-state index in [-0.39, 0.29) is 27.7 Å². The largest absolute Gasteiger partial charge is 0.372 e. The molecule has 1 aliphatic heterocycles. The van der Waals surface area contributed by atoms with Gasteiger partial charge in [0.05, 0.1) is 32.9 Å². The molecular weight excluding hydrogens is 436 g/mol. The quantitative estimate of drug-likeness (QED) is 0.699. The van der Waals surface area contributed by atoms with Crippen LogP contribution in [-0.2, 0) is 24.6 Å². The Hall–Kier alpha value is -2.10. The number of ether oxygens (including phenoxy) is 1. The van der Waals surface area contributed by atoms with E-state index in [1.807, 2.05) is 20.8 Å². The Morgan fingerprint density at radius 1 is 0.968 bits per heavy atom. The van der Waals surface area contributed by atoms with Crippen LogP contribution in [0.1, 0.15) is 33.3 Å². The van der Waals surface area contributed by atoms with Gasteiger partial charge in [0, 0.05) is 18.8 Å². The molecule has 1 aliphatic rings. The summed E-state index contributed by atoms with van der Waals surface area (Å²) in [5.41, 5.74) is 1.73. The van der Waals surface area contributed by atoms with Gasteiger partial charge in [0.2, 0.25) is 0 Å². The minimum absolute atomic E-state index is 0.00974. The first kappa shape index (κ1) is 23.6. The molecule has 3 rings (SSSR count). The van der Waals surface area contributed by atoms with Crippen molar-refractivity contribution in [2.45, 2.75) is 61.9 Å². The summed E-state index contributed by atoms with van der Waals surface area (Å²) in [6, 6.07) is 11.2. The van der Waals surface area contributed by atoms with Crippen molar-refractivity contribution in [2.75, 3.05) is 22.7 Å². The molecular formula is C22H30N2O5S2. The van der Waals surface area contributed by atoms with Crippen LogP contribution < -0.4 is 9.62 Å². The summed E-state index contributed by atoms with van der Waals surface area (Å²) in [6.45, 7) is 10.2. The normalized spacial score (nSPS) is 20.1. The molecule has 9 heteroatoms. The second kappa shape index (κ2) is 8.80. The minimum atomic E-state index is -3.97. The molecule has 1 saturated heterocycles. The molecule has 2 unspecified atom stereocenters. The maximum atomic E-state index is 13.0. The Morgan fingerprint density at radius 2 is 1.55 bits per heavy atom. The molecule has 0 amide bonds. The smallest absolute Gasteiger partial charge is 0.261 e. The fraction of sp³-hybridized carbons (Fsp3) is 0.455. The fourth-order valence-electron chi connectivity index (χ4n) is 3.61. The first-order valence-electron chi connectivity index (χ1n) is 10.3. The number of hydrogen-bond donors (Lipinski definition) is 1. The molecule has 31 heavy (non-hydrogen) atoms. The van der Waals surface area contributed by atoms with E-state index < -0.39 is 25.1 Å². The predicted molar refractivity (Wildman–Crippen MR) is 123 cm³/mol. The summed E-state index contributed by atoms with van der Waals surface area (Å²) < 4.78 is 60.2. The molecule has 0 aromatic heterocycles. The number of hydrogen-bond acceptors (Lipinski definition) is 6. The van der Waals surface area contributed by atoms with E-state index in [1.54, 1.807) is 38.1 Å². The van der Waals surface area contributed by atoms with Crippen molar-refractivity contribution in [2.24, 2.45) is 0 Å². The lowest BCUT2D eigenvalue weighted by Crippen LogP contribution is -2.45. The molecule has 2 aromatic carbocycles. The Morgan fingerprint density at radius 3 is 2.10 bits per heavy atom. The molecule has 1 N–H and O–H groups in total. The second-order valence-corrected chi connectivity index (χ2v) is 12.5. The molecule has 2 atom stereocenters. The number of aryl methyl sites for hydroxylation is 1. The van der Waals surface area contributed by atoms with E-state index in [2.05, 4.69) is 9.62 Å². The Balaban J connectivity index is 2.07. The van der Waals surface area contributed by atoms with Crippen molar-refractivity contribution in [1.29, 1.82) is 0 Å². The zero-order valence-electron chi connectivity index (χ0n) is 18.5. The van der Waals surface area contributed by atoms with Crippen LogP contribution in [0.5, 0.6) is 0 Å². The second-order valence-electron chi connectivity index (χ2n) is 8.36. The van der Waals surface area contributed by atoms with Gasteiger partial charge in [-0.15, -0.1) is 0 Å². The molecule has 0 radical (unpaired) electrons. The van der Waals surface area contributed by atoms with E-state index in [9.17, 15) is 16.8 Å². The maximum Gasteiger partial charge on any atom is 0.261 e. The van der Waals surface area contributed by atoms with Crippen LogP contribution in [0.25, 0.3) is 0 Å². The van der Waals surface area contributed by atoms with Gasteiger partial charge in [0.1, 0.15) is 0 Å². The number of benzene rings is 2. The zero-order chi connectivity index (χ0) is 23.0. The molecule has 1 fully saturated rings. The molecule has 1 heterocycles. The average molecular weight is 467 g/mol. The first-order chi connectivity index (χ1) is 14.4. The lowest BCUT2D eigenvalue weighted by Gasteiger charge is -2.37. The third-order valence-electron chi connectivity index (χ3n) is 5.25. The van der Waals surface area contributed by atoms with Crippen molar-refractivity contribution in [1.82, 2.24) is 0 Å². The number of nitrogens with one attached hydrogen (secondary N) is 1. The monoisotopic (exact) mass is 466 g/mol. The number of sulfone groups is 1. The maximum absolute atomic E-state index is 13.0.